The molecule has 1 aliphatic heterocycles. The summed E-state index contributed by atoms with van der Waals surface area (Å²) in [6.45, 7) is 4.80. The predicted molar refractivity (Wildman–Crippen MR) is 98.0 cm³/mol. The molecule has 0 bridgehead atoms. The summed E-state index contributed by atoms with van der Waals surface area (Å²) in [5.41, 5.74) is 3.96. The first-order valence-electron chi connectivity index (χ1n) is 8.78. The molecular formula is C21H23FN2O2. The molecule has 0 saturated carbocycles. The summed E-state index contributed by atoms with van der Waals surface area (Å²) in [6.07, 6.45) is 0.593. The Morgan fingerprint density at radius 1 is 1.23 bits per heavy atom. The van der Waals surface area contributed by atoms with Crippen molar-refractivity contribution in [2.24, 2.45) is 0 Å². The van der Waals surface area contributed by atoms with Gasteiger partial charge in [-0.3, -0.25) is 9.59 Å². The number of carbonyl (C=O) groups is 2. The molecule has 2 aromatic rings. The molecule has 1 aliphatic rings. The number of amides is 2. The van der Waals surface area contributed by atoms with Gasteiger partial charge in [0.1, 0.15) is 5.82 Å². The van der Waals surface area contributed by atoms with E-state index < -0.39 is 0 Å². The molecule has 1 fully saturated rings. The number of carbonyl (C=O) groups excluding carboxylic acids is 2. The number of nitrogens with one attached hydrogen (secondary N) is 1. The third-order valence-corrected chi connectivity index (χ3v) is 4.70. The van der Waals surface area contributed by atoms with E-state index >= 15 is 0 Å². The molecule has 1 atom stereocenters. The monoisotopic (exact) mass is 354 g/mol. The SMILES string of the molecule is Cc1ccc(C)c(CC(=O)N[C@H]2CC(=O)N(Cc3cccc(F)c3)C2)c1. The van der Waals surface area contributed by atoms with Gasteiger partial charge in [0.25, 0.3) is 0 Å². The van der Waals surface area contributed by atoms with Crippen molar-refractivity contribution in [3.63, 3.8) is 0 Å². The van der Waals surface area contributed by atoms with Gasteiger partial charge in [-0.05, 0) is 42.7 Å². The fourth-order valence-corrected chi connectivity index (χ4v) is 3.32. The zero-order chi connectivity index (χ0) is 18.7. The van der Waals surface area contributed by atoms with Crippen molar-refractivity contribution in [2.75, 3.05) is 6.54 Å². The minimum Gasteiger partial charge on any atom is -0.351 e. The van der Waals surface area contributed by atoms with Gasteiger partial charge in [-0.2, -0.15) is 0 Å². The molecule has 0 aliphatic carbocycles. The highest BCUT2D eigenvalue weighted by atomic mass is 19.1. The largest absolute Gasteiger partial charge is 0.351 e. The summed E-state index contributed by atoms with van der Waals surface area (Å²) in [5.74, 6) is -0.414. The van der Waals surface area contributed by atoms with E-state index in [9.17, 15) is 14.0 Å². The minimum absolute atomic E-state index is 0.0219. The Kier molecular flexibility index (Phi) is 5.35. The maximum Gasteiger partial charge on any atom is 0.225 e. The Labute approximate surface area is 153 Å². The van der Waals surface area contributed by atoms with Crippen molar-refractivity contribution in [1.29, 1.82) is 0 Å². The zero-order valence-corrected chi connectivity index (χ0v) is 15.1. The maximum atomic E-state index is 13.3. The molecule has 0 unspecified atom stereocenters. The molecule has 5 heteroatoms. The second-order valence-corrected chi connectivity index (χ2v) is 6.98. The number of nitrogens with zero attached hydrogens (tertiary/aromatic N) is 1. The molecule has 1 N–H and O–H groups in total. The van der Waals surface area contributed by atoms with Crippen LogP contribution in [0.2, 0.25) is 0 Å². The average molecular weight is 354 g/mol. The topological polar surface area (TPSA) is 49.4 Å². The van der Waals surface area contributed by atoms with E-state index in [-0.39, 0.29) is 30.1 Å². The van der Waals surface area contributed by atoms with Crippen LogP contribution in [0, 0.1) is 19.7 Å². The van der Waals surface area contributed by atoms with Crippen LogP contribution >= 0.6 is 0 Å². The maximum absolute atomic E-state index is 13.3. The third-order valence-electron chi connectivity index (χ3n) is 4.70. The molecule has 136 valence electrons. The first kappa shape index (κ1) is 18.1. The molecule has 0 radical (unpaired) electrons. The highest BCUT2D eigenvalue weighted by Crippen LogP contribution is 2.17. The fraction of sp³-hybridized carbons (Fsp3) is 0.333. The lowest BCUT2D eigenvalue weighted by atomic mass is 10.0. The lowest BCUT2D eigenvalue weighted by Gasteiger charge is -2.17. The number of rotatable bonds is 5. The van der Waals surface area contributed by atoms with Crippen LogP contribution in [0.3, 0.4) is 0 Å². The summed E-state index contributed by atoms with van der Waals surface area (Å²) in [6, 6.07) is 12.1. The van der Waals surface area contributed by atoms with E-state index in [1.165, 1.54) is 12.1 Å². The van der Waals surface area contributed by atoms with Crippen molar-refractivity contribution < 1.29 is 14.0 Å². The van der Waals surface area contributed by atoms with Gasteiger partial charge in [-0.25, -0.2) is 4.39 Å². The van der Waals surface area contributed by atoms with Crippen LogP contribution in [-0.4, -0.2) is 29.3 Å². The Balaban J connectivity index is 1.57. The molecule has 0 aromatic heterocycles. The molecule has 1 saturated heterocycles. The van der Waals surface area contributed by atoms with E-state index in [0.29, 0.717) is 19.5 Å². The molecule has 4 nitrogen and oxygen atoms in total. The van der Waals surface area contributed by atoms with E-state index in [1.807, 2.05) is 32.0 Å². The van der Waals surface area contributed by atoms with Gasteiger partial charge < -0.3 is 10.2 Å². The van der Waals surface area contributed by atoms with E-state index in [1.54, 1.807) is 17.0 Å². The number of hydrogen-bond acceptors (Lipinski definition) is 2. The highest BCUT2D eigenvalue weighted by molar-refractivity contribution is 5.83. The number of aryl methyl sites for hydroxylation is 2. The highest BCUT2D eigenvalue weighted by Gasteiger charge is 2.30. The quantitative estimate of drug-likeness (QED) is 0.898. The smallest absolute Gasteiger partial charge is 0.225 e. The summed E-state index contributed by atoms with van der Waals surface area (Å²) in [5, 5.41) is 2.96. The lowest BCUT2D eigenvalue weighted by Crippen LogP contribution is -2.38. The Hall–Kier alpha value is -2.69. The Bertz CT molecular complexity index is 835. The van der Waals surface area contributed by atoms with E-state index in [2.05, 4.69) is 5.32 Å². The number of benzene rings is 2. The Morgan fingerprint density at radius 3 is 2.81 bits per heavy atom. The summed E-state index contributed by atoms with van der Waals surface area (Å²) >= 11 is 0. The normalized spacial score (nSPS) is 16.8. The minimum atomic E-state index is -0.312. The fourth-order valence-electron chi connectivity index (χ4n) is 3.32. The van der Waals surface area contributed by atoms with Crippen LogP contribution in [0.25, 0.3) is 0 Å². The van der Waals surface area contributed by atoms with Crippen LogP contribution in [0.15, 0.2) is 42.5 Å². The number of hydrogen-bond donors (Lipinski definition) is 1. The van der Waals surface area contributed by atoms with E-state index in [0.717, 1.165) is 22.3 Å². The predicted octanol–water partition coefficient (Wildman–Crippen LogP) is 2.90. The van der Waals surface area contributed by atoms with Gasteiger partial charge in [0.05, 0.1) is 12.5 Å². The Morgan fingerprint density at radius 2 is 2.04 bits per heavy atom. The van der Waals surface area contributed by atoms with Crippen molar-refractivity contribution in [3.05, 3.63) is 70.5 Å². The molecule has 26 heavy (non-hydrogen) atoms. The molecule has 3 rings (SSSR count). The first-order chi connectivity index (χ1) is 12.4. The molecule has 1 heterocycles. The second kappa shape index (κ2) is 7.68. The van der Waals surface area contributed by atoms with Crippen molar-refractivity contribution in [1.82, 2.24) is 10.2 Å². The van der Waals surface area contributed by atoms with Crippen LogP contribution in [-0.2, 0) is 22.6 Å². The van der Waals surface area contributed by atoms with Crippen LogP contribution in [0.4, 0.5) is 4.39 Å². The summed E-state index contributed by atoms with van der Waals surface area (Å²) < 4.78 is 13.3. The first-order valence-corrected chi connectivity index (χ1v) is 8.78. The lowest BCUT2D eigenvalue weighted by molar-refractivity contribution is -0.128. The van der Waals surface area contributed by atoms with Crippen LogP contribution in [0.1, 0.15) is 28.7 Å². The van der Waals surface area contributed by atoms with Crippen molar-refractivity contribution in [3.8, 4) is 0 Å². The van der Waals surface area contributed by atoms with Crippen LogP contribution in [0.5, 0.6) is 0 Å². The molecule has 2 aromatic carbocycles. The van der Waals surface area contributed by atoms with Gasteiger partial charge in [0.2, 0.25) is 11.8 Å². The molecule has 2 amide bonds. The number of halogens is 1. The number of likely N-dealkylation sites (tertiary alicyclic amines) is 1. The summed E-state index contributed by atoms with van der Waals surface area (Å²) in [7, 11) is 0. The van der Waals surface area contributed by atoms with Gasteiger partial charge >= 0.3 is 0 Å². The second-order valence-electron chi connectivity index (χ2n) is 6.98. The van der Waals surface area contributed by atoms with Gasteiger partial charge in [-0.1, -0.05) is 35.9 Å². The zero-order valence-electron chi connectivity index (χ0n) is 15.1. The summed E-state index contributed by atoms with van der Waals surface area (Å²) in [4.78, 5) is 26.2. The standard InChI is InChI=1S/C21H23FN2O2/c1-14-6-7-15(2)17(8-14)10-20(25)23-19-11-21(26)24(13-19)12-16-4-3-5-18(22)9-16/h3-9,19H,10-13H2,1-2H3,(H,23,25)/t19-/m0/s1. The van der Waals surface area contributed by atoms with E-state index in [4.69, 9.17) is 0 Å². The van der Waals surface area contributed by atoms with Crippen molar-refractivity contribution in [2.45, 2.75) is 39.3 Å². The molecule has 0 spiro atoms. The van der Waals surface area contributed by atoms with Crippen LogP contribution < -0.4 is 5.32 Å². The van der Waals surface area contributed by atoms with Gasteiger partial charge in [-0.15, -0.1) is 0 Å². The van der Waals surface area contributed by atoms with Gasteiger partial charge in [0, 0.05) is 19.5 Å². The van der Waals surface area contributed by atoms with Gasteiger partial charge in [0.15, 0.2) is 0 Å². The average Bonchev–Trinajstić information content (AvgIpc) is 2.90. The molecular weight excluding hydrogens is 331 g/mol. The van der Waals surface area contributed by atoms with Crippen molar-refractivity contribution >= 4 is 11.8 Å². The third kappa shape index (κ3) is 4.48.